The van der Waals surface area contributed by atoms with Gasteiger partial charge >= 0.3 is 0 Å². The minimum atomic E-state index is 0.559. The van der Waals surface area contributed by atoms with Gasteiger partial charge in [-0.05, 0) is 51.9 Å². The Morgan fingerprint density at radius 1 is 1.53 bits per heavy atom. The highest BCUT2D eigenvalue weighted by atomic mass is 32.1. The topological polar surface area (TPSA) is 15.3 Å². The summed E-state index contributed by atoms with van der Waals surface area (Å²) in [4.78, 5) is 5.58. The number of nitrogens with one attached hydrogen (secondary N) is 1. The fourth-order valence-corrected chi connectivity index (χ4v) is 3.76. The van der Waals surface area contributed by atoms with Crippen LogP contribution in [0.15, 0.2) is 12.1 Å². The Kier molecular flexibility index (Phi) is 4.60. The summed E-state index contributed by atoms with van der Waals surface area (Å²) in [6, 6.07) is 5.81. The zero-order valence-electron chi connectivity index (χ0n) is 11.2. The molecule has 0 radical (unpaired) electrons. The summed E-state index contributed by atoms with van der Waals surface area (Å²) in [5.74, 6) is 0. The van der Waals surface area contributed by atoms with Crippen molar-refractivity contribution in [2.45, 2.75) is 45.7 Å². The standard InChI is InChI=1S/C14H24N2S/c1-4-16(13-6-5-9-15-10-13)12(3)14-8-7-11(2)17-14/h7-8,12-13,15H,4-6,9-10H2,1-3H3. The number of likely N-dealkylation sites (N-methyl/N-ethyl adjacent to an activating group) is 1. The van der Waals surface area contributed by atoms with Crippen molar-refractivity contribution < 1.29 is 0 Å². The third kappa shape index (κ3) is 3.09. The van der Waals surface area contributed by atoms with E-state index in [2.05, 4.69) is 43.1 Å². The summed E-state index contributed by atoms with van der Waals surface area (Å²) in [6.45, 7) is 10.3. The van der Waals surface area contributed by atoms with Crippen molar-refractivity contribution in [1.29, 1.82) is 0 Å². The number of hydrogen-bond donors (Lipinski definition) is 1. The molecule has 2 rings (SSSR count). The first-order valence-corrected chi connectivity index (χ1v) is 7.56. The van der Waals surface area contributed by atoms with E-state index in [1.54, 1.807) is 0 Å². The van der Waals surface area contributed by atoms with Crippen LogP contribution in [0.4, 0.5) is 0 Å². The molecule has 3 heteroatoms. The summed E-state index contributed by atoms with van der Waals surface area (Å²) in [5, 5.41) is 3.52. The second kappa shape index (κ2) is 5.98. The van der Waals surface area contributed by atoms with Crippen molar-refractivity contribution in [3.63, 3.8) is 0 Å². The van der Waals surface area contributed by atoms with Crippen LogP contribution in [0.1, 0.15) is 42.5 Å². The summed E-state index contributed by atoms with van der Waals surface area (Å²) >= 11 is 1.94. The first-order chi connectivity index (χ1) is 8.22. The van der Waals surface area contributed by atoms with E-state index < -0.39 is 0 Å². The molecule has 0 spiro atoms. The van der Waals surface area contributed by atoms with Crippen molar-refractivity contribution in [1.82, 2.24) is 10.2 Å². The van der Waals surface area contributed by atoms with Crippen LogP contribution in [-0.4, -0.2) is 30.6 Å². The number of thiophene rings is 1. The van der Waals surface area contributed by atoms with Gasteiger partial charge in [0.05, 0.1) is 0 Å². The highest BCUT2D eigenvalue weighted by Crippen LogP contribution is 2.29. The summed E-state index contributed by atoms with van der Waals surface area (Å²) < 4.78 is 0. The van der Waals surface area contributed by atoms with Gasteiger partial charge in [0.2, 0.25) is 0 Å². The van der Waals surface area contributed by atoms with Crippen LogP contribution in [0.25, 0.3) is 0 Å². The molecule has 2 atom stereocenters. The average Bonchev–Trinajstić information content (AvgIpc) is 2.78. The van der Waals surface area contributed by atoms with E-state index in [1.807, 2.05) is 11.3 Å². The van der Waals surface area contributed by atoms with E-state index in [1.165, 1.54) is 29.1 Å². The van der Waals surface area contributed by atoms with E-state index in [0.717, 1.165) is 13.1 Å². The van der Waals surface area contributed by atoms with Crippen molar-refractivity contribution >= 4 is 11.3 Å². The van der Waals surface area contributed by atoms with Gasteiger partial charge in [-0.15, -0.1) is 11.3 Å². The molecule has 0 saturated carbocycles. The SMILES string of the molecule is CCN(C1CCCNC1)C(C)c1ccc(C)s1. The predicted octanol–water partition coefficient (Wildman–Crippen LogP) is 3.19. The Morgan fingerprint density at radius 3 is 2.88 bits per heavy atom. The smallest absolute Gasteiger partial charge is 0.0416 e. The number of aryl methyl sites for hydroxylation is 1. The highest BCUT2D eigenvalue weighted by molar-refractivity contribution is 7.12. The predicted molar refractivity (Wildman–Crippen MR) is 75.7 cm³/mol. The lowest BCUT2D eigenvalue weighted by Gasteiger charge is -2.37. The Balaban J connectivity index is 2.06. The molecule has 1 saturated heterocycles. The minimum absolute atomic E-state index is 0.559. The molecular weight excluding hydrogens is 228 g/mol. The molecule has 1 fully saturated rings. The number of hydrogen-bond acceptors (Lipinski definition) is 3. The molecule has 1 aliphatic heterocycles. The van der Waals surface area contributed by atoms with E-state index in [-0.39, 0.29) is 0 Å². The Bertz CT molecular complexity index is 342. The van der Waals surface area contributed by atoms with Gasteiger partial charge in [-0.25, -0.2) is 0 Å². The quantitative estimate of drug-likeness (QED) is 0.885. The average molecular weight is 252 g/mol. The molecular formula is C14H24N2S. The molecule has 1 aliphatic rings. The second-order valence-corrected chi connectivity index (χ2v) is 6.27. The van der Waals surface area contributed by atoms with Gasteiger partial charge in [0.25, 0.3) is 0 Å². The van der Waals surface area contributed by atoms with Crippen molar-refractivity contribution in [2.24, 2.45) is 0 Å². The summed E-state index contributed by atoms with van der Waals surface area (Å²) in [5.41, 5.74) is 0. The largest absolute Gasteiger partial charge is 0.315 e. The van der Waals surface area contributed by atoms with Crippen LogP contribution in [0.3, 0.4) is 0 Å². The Morgan fingerprint density at radius 2 is 2.35 bits per heavy atom. The van der Waals surface area contributed by atoms with Crippen molar-refractivity contribution in [3.8, 4) is 0 Å². The Hall–Kier alpha value is -0.380. The molecule has 2 nitrogen and oxygen atoms in total. The zero-order chi connectivity index (χ0) is 12.3. The number of piperidine rings is 1. The fraction of sp³-hybridized carbons (Fsp3) is 0.714. The maximum absolute atomic E-state index is 3.52. The van der Waals surface area contributed by atoms with Crippen LogP contribution >= 0.6 is 11.3 Å². The summed E-state index contributed by atoms with van der Waals surface area (Å²) in [6.07, 6.45) is 2.66. The Labute approximate surface area is 109 Å². The molecule has 2 heterocycles. The molecule has 2 unspecified atom stereocenters. The third-order valence-electron chi connectivity index (χ3n) is 3.78. The lowest BCUT2D eigenvalue weighted by Crippen LogP contribution is -2.46. The number of rotatable bonds is 4. The van der Waals surface area contributed by atoms with E-state index >= 15 is 0 Å². The molecule has 0 aromatic carbocycles. The normalized spacial score (nSPS) is 22.9. The second-order valence-electron chi connectivity index (χ2n) is 4.96. The molecule has 1 aromatic heterocycles. The van der Waals surface area contributed by atoms with Crippen LogP contribution < -0.4 is 5.32 Å². The molecule has 17 heavy (non-hydrogen) atoms. The van der Waals surface area contributed by atoms with Gasteiger partial charge in [-0.3, -0.25) is 4.90 Å². The van der Waals surface area contributed by atoms with Crippen LogP contribution in [0.5, 0.6) is 0 Å². The van der Waals surface area contributed by atoms with Crippen molar-refractivity contribution in [2.75, 3.05) is 19.6 Å². The maximum atomic E-state index is 3.52. The van der Waals surface area contributed by atoms with E-state index in [0.29, 0.717) is 12.1 Å². The van der Waals surface area contributed by atoms with Crippen LogP contribution in [0, 0.1) is 6.92 Å². The molecule has 0 aliphatic carbocycles. The third-order valence-corrected chi connectivity index (χ3v) is 4.95. The molecule has 1 N–H and O–H groups in total. The number of nitrogens with zero attached hydrogens (tertiary/aromatic N) is 1. The maximum Gasteiger partial charge on any atom is 0.0416 e. The van der Waals surface area contributed by atoms with Gasteiger partial charge in [-0.1, -0.05) is 6.92 Å². The van der Waals surface area contributed by atoms with E-state index in [4.69, 9.17) is 0 Å². The van der Waals surface area contributed by atoms with Crippen molar-refractivity contribution in [3.05, 3.63) is 21.9 Å². The molecule has 0 bridgehead atoms. The fourth-order valence-electron chi connectivity index (χ4n) is 2.81. The lowest BCUT2D eigenvalue weighted by molar-refractivity contribution is 0.130. The van der Waals surface area contributed by atoms with Crippen LogP contribution in [-0.2, 0) is 0 Å². The van der Waals surface area contributed by atoms with Gasteiger partial charge < -0.3 is 5.32 Å². The molecule has 1 aromatic rings. The van der Waals surface area contributed by atoms with Gasteiger partial charge in [-0.2, -0.15) is 0 Å². The van der Waals surface area contributed by atoms with Crippen LogP contribution in [0.2, 0.25) is 0 Å². The summed E-state index contributed by atoms with van der Waals surface area (Å²) in [7, 11) is 0. The van der Waals surface area contributed by atoms with Gasteiger partial charge in [0.15, 0.2) is 0 Å². The van der Waals surface area contributed by atoms with E-state index in [9.17, 15) is 0 Å². The zero-order valence-corrected chi connectivity index (χ0v) is 12.0. The first-order valence-electron chi connectivity index (χ1n) is 6.75. The molecule has 96 valence electrons. The van der Waals surface area contributed by atoms with Gasteiger partial charge in [0, 0.05) is 28.4 Å². The highest BCUT2D eigenvalue weighted by Gasteiger charge is 2.25. The molecule has 0 amide bonds. The van der Waals surface area contributed by atoms with Gasteiger partial charge in [0.1, 0.15) is 0 Å². The minimum Gasteiger partial charge on any atom is -0.315 e. The lowest BCUT2D eigenvalue weighted by atomic mass is 10.0. The monoisotopic (exact) mass is 252 g/mol. The first kappa shape index (κ1) is 13.1.